The summed E-state index contributed by atoms with van der Waals surface area (Å²) < 4.78 is 0. The lowest BCUT2D eigenvalue weighted by Crippen LogP contribution is -2.69. The molecule has 1 aromatic heterocycles. The minimum atomic E-state index is -2.23. The number of phenolic OH excluding ortho intramolecular Hbond substituents is 2. The molecule has 0 spiro atoms. The van der Waals surface area contributed by atoms with Crippen molar-refractivity contribution in [2.24, 2.45) is 5.16 Å². The van der Waals surface area contributed by atoms with E-state index in [0.29, 0.717) is 21.7 Å². The number of aromatic nitrogens is 1. The number of nitrogens with zero attached hydrogens (tertiary/aromatic N) is 5. The Bertz CT molecular complexity index is 1950. The molecule has 3 fully saturated rings. The summed E-state index contributed by atoms with van der Waals surface area (Å²) in [6.07, 6.45) is 0. The lowest BCUT2D eigenvalue weighted by Gasteiger charge is -2.41. The quantitative estimate of drug-likeness (QED) is 0.0329. The van der Waals surface area contributed by atoms with Gasteiger partial charge in [0.1, 0.15) is 17.1 Å². The monoisotopic (exact) mass is 768 g/mol. The molecule has 3 aliphatic heterocycles. The van der Waals surface area contributed by atoms with Crippen molar-refractivity contribution < 1.29 is 63.6 Å². The molecule has 0 saturated carbocycles. The molecule has 3 aliphatic rings. The van der Waals surface area contributed by atoms with Crippen LogP contribution >= 0.6 is 34.7 Å². The van der Waals surface area contributed by atoms with Crippen LogP contribution in [0.25, 0.3) is 0 Å². The molecule has 4 heterocycles. The highest BCUT2D eigenvalue weighted by Crippen LogP contribution is 2.49. The van der Waals surface area contributed by atoms with Gasteiger partial charge in [0, 0.05) is 11.9 Å². The van der Waals surface area contributed by atoms with Gasteiger partial charge in [-0.25, -0.2) is 19.6 Å². The first-order valence-corrected chi connectivity index (χ1v) is 16.4. The number of anilines is 1. The standard InChI is InChI=1S/C27H25ClN8O13S2/c1-26(2,23(45)46)49-33-13(10-7-50-25(29)30-10)17(40)31-14-19(42)34-8-27(24(47)48,51-22(14)34)35-5-6-36(21(44)20(35)43)32-18(41)15(38)9-3-4-11(37)16(39)12(9)28/h3-4,7,14,22,37,39H,5-6,8H2,1-2H3,(H2,29,30)(H,31,40)(H,32,41)(H,45,46)(H,47,48)/b33-13-/t14-,22-,27-/m1/s1. The SMILES string of the molecule is CC(C)(O/N=C(\C(=O)N[C@@H]1C(=O)N2C[C@@](C(=O)O)(N3CCN(NC(=O)C(=O)c4ccc(O)c(O)c4Cl)C(=O)C3=O)S[C@H]12)c1csc(N)n1)C(=O)O. The Morgan fingerprint density at radius 2 is 1.78 bits per heavy atom. The van der Waals surface area contributed by atoms with Crippen molar-refractivity contribution in [3.05, 3.63) is 33.8 Å². The number of oxime groups is 1. The van der Waals surface area contributed by atoms with E-state index in [0.717, 1.165) is 42.2 Å². The molecule has 24 heteroatoms. The summed E-state index contributed by atoms with van der Waals surface area (Å²) in [5.41, 5.74) is 4.54. The first-order valence-electron chi connectivity index (χ1n) is 14.2. The van der Waals surface area contributed by atoms with E-state index in [-0.39, 0.29) is 10.8 Å². The summed E-state index contributed by atoms with van der Waals surface area (Å²) in [4.78, 5) is 111. The third-order valence-electron chi connectivity index (χ3n) is 7.76. The number of carboxylic acids is 2. The van der Waals surface area contributed by atoms with Crippen molar-refractivity contribution in [1.82, 2.24) is 30.5 Å². The van der Waals surface area contributed by atoms with Gasteiger partial charge >= 0.3 is 29.7 Å². The third-order valence-corrected chi connectivity index (χ3v) is 10.5. The molecular weight excluding hydrogens is 744 g/mol. The summed E-state index contributed by atoms with van der Waals surface area (Å²) in [7, 11) is 0. The largest absolute Gasteiger partial charge is 0.504 e. The van der Waals surface area contributed by atoms with E-state index >= 15 is 0 Å². The fourth-order valence-electron chi connectivity index (χ4n) is 4.93. The van der Waals surface area contributed by atoms with Gasteiger partial charge < -0.3 is 46.1 Å². The number of phenols is 2. The first kappa shape index (κ1) is 36.6. The number of benzene rings is 1. The van der Waals surface area contributed by atoms with E-state index in [9.17, 15) is 58.8 Å². The summed E-state index contributed by atoms with van der Waals surface area (Å²) in [6, 6.07) is 0.459. The van der Waals surface area contributed by atoms with Gasteiger partial charge in [-0.3, -0.25) is 34.2 Å². The van der Waals surface area contributed by atoms with Gasteiger partial charge in [-0.05, 0) is 26.0 Å². The fraction of sp³-hybridized carbons (Fsp3) is 0.333. The molecule has 3 saturated heterocycles. The van der Waals surface area contributed by atoms with Crippen LogP contribution in [0.1, 0.15) is 29.9 Å². The number of hydrogen-bond donors (Lipinski definition) is 7. The number of amides is 5. The van der Waals surface area contributed by atoms with Gasteiger partial charge in [-0.2, -0.15) is 0 Å². The number of rotatable bonds is 11. The van der Waals surface area contributed by atoms with Gasteiger partial charge in [-0.1, -0.05) is 28.5 Å². The first-order chi connectivity index (χ1) is 23.8. The average molecular weight is 769 g/mol. The predicted octanol–water partition coefficient (Wildman–Crippen LogP) is -1.86. The Morgan fingerprint density at radius 1 is 1.10 bits per heavy atom. The highest BCUT2D eigenvalue weighted by Gasteiger charge is 2.66. The molecule has 8 N–H and O–H groups in total. The van der Waals surface area contributed by atoms with E-state index in [1.807, 2.05) is 5.43 Å². The number of aliphatic carboxylic acids is 2. The number of carbonyl (C=O) groups excluding carboxylic acids is 6. The Hall–Kier alpha value is -5.68. The number of carbonyl (C=O) groups is 8. The van der Waals surface area contributed by atoms with Crippen molar-refractivity contribution in [3.63, 3.8) is 0 Å². The molecule has 0 bridgehead atoms. The Morgan fingerprint density at radius 3 is 2.39 bits per heavy atom. The van der Waals surface area contributed by atoms with Crippen LogP contribution in [-0.4, -0.2) is 135 Å². The van der Waals surface area contributed by atoms with Gasteiger partial charge in [-0.15, -0.1) is 11.3 Å². The molecule has 0 aliphatic carbocycles. The zero-order valence-electron chi connectivity index (χ0n) is 26.0. The Kier molecular flexibility index (Phi) is 9.49. The molecule has 0 unspecified atom stereocenters. The summed E-state index contributed by atoms with van der Waals surface area (Å²) in [5, 5.41) is 45.1. The number of carboxylic acid groups (broad SMARTS) is 2. The van der Waals surface area contributed by atoms with Crippen molar-refractivity contribution >= 4 is 92.8 Å². The van der Waals surface area contributed by atoms with Crippen LogP contribution < -0.4 is 16.5 Å². The molecule has 270 valence electrons. The van der Waals surface area contributed by atoms with E-state index in [1.165, 1.54) is 5.38 Å². The Balaban J connectivity index is 1.30. The number of nitrogens with one attached hydrogen (secondary N) is 2. The van der Waals surface area contributed by atoms with Crippen LogP contribution in [-0.2, 0) is 38.4 Å². The lowest BCUT2D eigenvalue weighted by atomic mass is 10.0. The third kappa shape index (κ3) is 6.41. The van der Waals surface area contributed by atoms with Crippen LogP contribution in [0.15, 0.2) is 22.7 Å². The second-order valence-electron chi connectivity index (χ2n) is 11.4. The zero-order chi connectivity index (χ0) is 37.7. The minimum Gasteiger partial charge on any atom is -0.504 e. The van der Waals surface area contributed by atoms with Crippen LogP contribution in [0, 0.1) is 0 Å². The number of ketones is 1. The molecule has 5 amide bonds. The van der Waals surface area contributed by atoms with Crippen LogP contribution in [0.2, 0.25) is 5.02 Å². The number of nitrogen functional groups attached to an aromatic ring is 1. The average Bonchev–Trinajstić information content (AvgIpc) is 3.67. The number of thioether (sulfide) groups is 1. The number of Topliss-reactive ketones (excluding diaryl/α,β-unsaturated/α-hetero) is 1. The van der Waals surface area contributed by atoms with Crippen LogP contribution in [0.3, 0.4) is 0 Å². The molecular formula is C27H25ClN8O13S2. The topological polar surface area (TPSA) is 312 Å². The van der Waals surface area contributed by atoms with Crippen LogP contribution in [0.5, 0.6) is 11.5 Å². The highest BCUT2D eigenvalue weighted by atomic mass is 35.5. The van der Waals surface area contributed by atoms with E-state index in [1.54, 1.807) is 0 Å². The maximum absolute atomic E-state index is 13.3. The lowest BCUT2D eigenvalue weighted by molar-refractivity contribution is -0.167. The van der Waals surface area contributed by atoms with Crippen LogP contribution in [0.4, 0.5) is 5.13 Å². The second-order valence-corrected chi connectivity index (χ2v) is 14.1. The molecule has 2 aromatic rings. The van der Waals surface area contributed by atoms with Crippen molar-refractivity contribution in [2.75, 3.05) is 25.4 Å². The smallest absolute Gasteiger partial charge is 0.350 e. The highest BCUT2D eigenvalue weighted by molar-refractivity contribution is 8.02. The maximum atomic E-state index is 13.3. The van der Waals surface area contributed by atoms with Crippen molar-refractivity contribution in [3.8, 4) is 11.5 Å². The second kappa shape index (κ2) is 13.2. The molecule has 0 radical (unpaired) electrons. The molecule has 21 nitrogen and oxygen atoms in total. The van der Waals surface area contributed by atoms with Gasteiger partial charge in [0.15, 0.2) is 22.3 Å². The van der Waals surface area contributed by atoms with Gasteiger partial charge in [0.05, 0.1) is 23.7 Å². The number of halogens is 1. The van der Waals surface area contributed by atoms with E-state index in [2.05, 4.69) is 15.5 Å². The summed E-state index contributed by atoms with van der Waals surface area (Å²) >= 11 is 7.34. The number of β-lactam (4-membered cyclic amide) rings is 1. The number of thiazole rings is 1. The molecule has 5 rings (SSSR count). The normalized spacial score (nSPS) is 21.9. The predicted molar refractivity (Wildman–Crippen MR) is 172 cm³/mol. The zero-order valence-corrected chi connectivity index (χ0v) is 28.4. The van der Waals surface area contributed by atoms with Crippen molar-refractivity contribution in [2.45, 2.75) is 35.7 Å². The van der Waals surface area contributed by atoms with E-state index < -0.39 is 117 Å². The number of piperazine rings is 1. The van der Waals surface area contributed by atoms with E-state index in [4.69, 9.17) is 22.2 Å². The summed E-state index contributed by atoms with van der Waals surface area (Å²) in [5.74, 6) is -12.0. The number of nitrogens with two attached hydrogens (primary N) is 1. The molecule has 3 atom stereocenters. The number of aromatic hydroxyl groups is 2. The maximum Gasteiger partial charge on any atom is 0.350 e. The fourth-order valence-corrected chi connectivity index (χ4v) is 7.36. The number of fused-ring (bicyclic) bond motifs is 1. The van der Waals surface area contributed by atoms with Gasteiger partial charge in [0.25, 0.3) is 11.7 Å². The molecule has 51 heavy (non-hydrogen) atoms. The minimum absolute atomic E-state index is 0.0268. The number of hydrazine groups is 1. The van der Waals surface area contributed by atoms with Gasteiger partial charge in [0.2, 0.25) is 16.4 Å². The van der Waals surface area contributed by atoms with Crippen molar-refractivity contribution in [1.29, 1.82) is 0 Å². The Labute approximate surface area is 297 Å². The number of hydrogen-bond acceptors (Lipinski definition) is 16. The summed E-state index contributed by atoms with van der Waals surface area (Å²) in [6.45, 7) is 0.725. The molecule has 1 aromatic carbocycles.